The fourth-order valence-corrected chi connectivity index (χ4v) is 1.98. The lowest BCUT2D eigenvalue weighted by Gasteiger charge is -2.11. The van der Waals surface area contributed by atoms with Crippen LogP contribution in [0.25, 0.3) is 0 Å². The summed E-state index contributed by atoms with van der Waals surface area (Å²) < 4.78 is 18.7. The van der Waals surface area contributed by atoms with Crippen LogP contribution in [0.15, 0.2) is 16.6 Å². The lowest BCUT2D eigenvalue weighted by molar-refractivity contribution is -0.119. The van der Waals surface area contributed by atoms with Gasteiger partial charge < -0.3 is 15.4 Å². The van der Waals surface area contributed by atoms with Crippen LogP contribution in [-0.4, -0.2) is 32.7 Å². The molecule has 0 unspecified atom stereocenters. The smallest absolute Gasteiger partial charge is 0.239 e. The van der Waals surface area contributed by atoms with Gasteiger partial charge in [-0.25, -0.2) is 4.39 Å². The number of hydrogen-bond acceptors (Lipinski definition) is 3. The third-order valence-corrected chi connectivity index (χ3v) is 3.16. The van der Waals surface area contributed by atoms with Gasteiger partial charge in [0.2, 0.25) is 5.91 Å². The SMILES string of the molecule is COCCCNC(=O)CNc1cc(F)c(Br)cc1C. The molecule has 0 aliphatic rings. The second-order valence-electron chi connectivity index (χ2n) is 4.13. The molecule has 0 spiro atoms. The number of anilines is 1. The summed E-state index contributed by atoms with van der Waals surface area (Å²) >= 11 is 3.12. The normalized spacial score (nSPS) is 10.3. The maximum Gasteiger partial charge on any atom is 0.239 e. The van der Waals surface area contributed by atoms with Crippen LogP contribution in [0.4, 0.5) is 10.1 Å². The first-order valence-electron chi connectivity index (χ1n) is 5.99. The molecule has 0 radical (unpaired) electrons. The fraction of sp³-hybridized carbons (Fsp3) is 0.462. The van der Waals surface area contributed by atoms with Crippen LogP contribution in [0.2, 0.25) is 0 Å². The zero-order valence-corrected chi connectivity index (χ0v) is 12.6. The van der Waals surface area contributed by atoms with E-state index in [9.17, 15) is 9.18 Å². The number of halogens is 2. The van der Waals surface area contributed by atoms with Crippen molar-refractivity contribution in [3.05, 3.63) is 28.0 Å². The Morgan fingerprint density at radius 3 is 2.89 bits per heavy atom. The molecule has 1 aromatic rings. The zero-order chi connectivity index (χ0) is 14.3. The number of carbonyl (C=O) groups excluding carboxylic acids is 1. The van der Waals surface area contributed by atoms with Crippen molar-refractivity contribution >= 4 is 27.5 Å². The van der Waals surface area contributed by atoms with E-state index < -0.39 is 0 Å². The van der Waals surface area contributed by atoms with Gasteiger partial charge in [0.05, 0.1) is 11.0 Å². The summed E-state index contributed by atoms with van der Waals surface area (Å²) in [5.74, 6) is -0.479. The molecule has 0 saturated heterocycles. The summed E-state index contributed by atoms with van der Waals surface area (Å²) in [6, 6.07) is 3.05. The Bertz CT molecular complexity index is 441. The molecule has 19 heavy (non-hydrogen) atoms. The van der Waals surface area contributed by atoms with E-state index in [4.69, 9.17) is 4.74 Å². The van der Waals surface area contributed by atoms with Crippen LogP contribution in [0, 0.1) is 12.7 Å². The molecule has 6 heteroatoms. The molecular formula is C13H18BrFN2O2. The van der Waals surface area contributed by atoms with Gasteiger partial charge in [0.15, 0.2) is 0 Å². The average Bonchev–Trinajstić information content (AvgIpc) is 2.37. The molecule has 0 atom stereocenters. The topological polar surface area (TPSA) is 50.4 Å². The van der Waals surface area contributed by atoms with Crippen molar-refractivity contribution in [3.63, 3.8) is 0 Å². The Hall–Kier alpha value is -1.14. The predicted octanol–water partition coefficient (Wildman–Crippen LogP) is 2.46. The van der Waals surface area contributed by atoms with Crippen molar-refractivity contribution in [3.8, 4) is 0 Å². The molecule has 106 valence electrons. The van der Waals surface area contributed by atoms with Crippen molar-refractivity contribution in [1.82, 2.24) is 5.32 Å². The first kappa shape index (κ1) is 15.9. The number of hydrogen-bond donors (Lipinski definition) is 2. The van der Waals surface area contributed by atoms with E-state index in [0.29, 0.717) is 23.3 Å². The molecule has 0 aromatic heterocycles. The Morgan fingerprint density at radius 2 is 2.21 bits per heavy atom. The Kier molecular flexibility index (Phi) is 6.80. The monoisotopic (exact) mass is 332 g/mol. The second-order valence-corrected chi connectivity index (χ2v) is 4.99. The largest absolute Gasteiger partial charge is 0.385 e. The second kappa shape index (κ2) is 8.12. The summed E-state index contributed by atoms with van der Waals surface area (Å²) in [6.07, 6.45) is 0.772. The standard InChI is InChI=1S/C13H18BrFN2O2/c1-9-6-10(14)11(15)7-12(9)17-8-13(18)16-4-3-5-19-2/h6-7,17H,3-5,8H2,1-2H3,(H,16,18). The number of carbonyl (C=O) groups is 1. The molecule has 2 N–H and O–H groups in total. The van der Waals surface area contributed by atoms with Crippen LogP contribution in [0.1, 0.15) is 12.0 Å². The lowest BCUT2D eigenvalue weighted by atomic mass is 10.2. The van der Waals surface area contributed by atoms with E-state index in [1.54, 1.807) is 13.2 Å². The minimum absolute atomic E-state index is 0.120. The average molecular weight is 333 g/mol. The quantitative estimate of drug-likeness (QED) is 0.754. The summed E-state index contributed by atoms with van der Waals surface area (Å²) in [6.45, 7) is 3.16. The van der Waals surface area contributed by atoms with Gasteiger partial charge in [-0.3, -0.25) is 4.79 Å². The highest BCUT2D eigenvalue weighted by Gasteiger charge is 2.06. The van der Waals surface area contributed by atoms with Crippen LogP contribution >= 0.6 is 15.9 Å². The van der Waals surface area contributed by atoms with E-state index in [2.05, 4.69) is 26.6 Å². The number of amides is 1. The van der Waals surface area contributed by atoms with E-state index in [-0.39, 0.29) is 18.3 Å². The highest BCUT2D eigenvalue weighted by atomic mass is 79.9. The van der Waals surface area contributed by atoms with Gasteiger partial charge in [0.25, 0.3) is 0 Å². The predicted molar refractivity (Wildman–Crippen MR) is 76.8 cm³/mol. The number of aryl methyl sites for hydroxylation is 1. The summed E-state index contributed by atoms with van der Waals surface area (Å²) in [5.41, 5.74) is 1.49. The van der Waals surface area contributed by atoms with E-state index in [1.807, 2.05) is 6.92 Å². The number of benzene rings is 1. The summed E-state index contributed by atoms with van der Waals surface area (Å²) in [7, 11) is 1.62. The van der Waals surface area contributed by atoms with E-state index in [1.165, 1.54) is 6.07 Å². The highest BCUT2D eigenvalue weighted by molar-refractivity contribution is 9.10. The molecule has 0 heterocycles. The molecular weight excluding hydrogens is 315 g/mol. The molecule has 0 aliphatic heterocycles. The Labute approximate surface area is 120 Å². The number of methoxy groups -OCH3 is 1. The van der Waals surface area contributed by atoms with Crippen molar-refractivity contribution in [2.75, 3.05) is 32.1 Å². The van der Waals surface area contributed by atoms with Crippen LogP contribution in [-0.2, 0) is 9.53 Å². The van der Waals surface area contributed by atoms with E-state index >= 15 is 0 Å². The lowest BCUT2D eigenvalue weighted by Crippen LogP contribution is -2.31. The van der Waals surface area contributed by atoms with Gasteiger partial charge in [0.1, 0.15) is 5.82 Å². The van der Waals surface area contributed by atoms with Gasteiger partial charge >= 0.3 is 0 Å². The van der Waals surface area contributed by atoms with Gasteiger partial charge in [-0.2, -0.15) is 0 Å². The molecule has 1 rings (SSSR count). The molecule has 0 bridgehead atoms. The molecule has 1 aromatic carbocycles. The van der Waals surface area contributed by atoms with Crippen molar-refractivity contribution in [2.24, 2.45) is 0 Å². The first-order chi connectivity index (χ1) is 9.04. The molecule has 0 aliphatic carbocycles. The van der Waals surface area contributed by atoms with Crippen molar-refractivity contribution in [1.29, 1.82) is 0 Å². The Morgan fingerprint density at radius 1 is 1.47 bits per heavy atom. The highest BCUT2D eigenvalue weighted by Crippen LogP contribution is 2.23. The number of nitrogens with one attached hydrogen (secondary N) is 2. The first-order valence-corrected chi connectivity index (χ1v) is 6.79. The molecule has 4 nitrogen and oxygen atoms in total. The summed E-state index contributed by atoms with van der Waals surface area (Å²) in [5, 5.41) is 5.67. The number of ether oxygens (including phenoxy) is 1. The molecule has 0 fully saturated rings. The third kappa shape index (κ3) is 5.57. The molecule has 0 saturated carbocycles. The third-order valence-electron chi connectivity index (χ3n) is 2.55. The van der Waals surface area contributed by atoms with Gasteiger partial charge in [-0.1, -0.05) is 0 Å². The van der Waals surface area contributed by atoms with Crippen molar-refractivity contribution < 1.29 is 13.9 Å². The van der Waals surface area contributed by atoms with Crippen LogP contribution < -0.4 is 10.6 Å². The van der Waals surface area contributed by atoms with Gasteiger partial charge in [-0.15, -0.1) is 0 Å². The van der Waals surface area contributed by atoms with Crippen LogP contribution in [0.3, 0.4) is 0 Å². The minimum atomic E-state index is -0.353. The Balaban J connectivity index is 2.40. The minimum Gasteiger partial charge on any atom is -0.385 e. The maximum atomic E-state index is 13.4. The molecule has 1 amide bonds. The van der Waals surface area contributed by atoms with Crippen LogP contribution in [0.5, 0.6) is 0 Å². The maximum absolute atomic E-state index is 13.4. The number of rotatable bonds is 7. The van der Waals surface area contributed by atoms with E-state index in [0.717, 1.165) is 12.0 Å². The van der Waals surface area contributed by atoms with Gasteiger partial charge in [-0.05, 0) is 47.0 Å². The van der Waals surface area contributed by atoms with Gasteiger partial charge in [0, 0.05) is 25.9 Å². The zero-order valence-electron chi connectivity index (χ0n) is 11.1. The summed E-state index contributed by atoms with van der Waals surface area (Å²) in [4.78, 5) is 11.5. The fourth-order valence-electron chi connectivity index (χ4n) is 1.52. The van der Waals surface area contributed by atoms with Crippen molar-refractivity contribution in [2.45, 2.75) is 13.3 Å².